The summed E-state index contributed by atoms with van der Waals surface area (Å²) in [5, 5.41) is 0.579. The number of nitrogens with zero attached hydrogens (tertiary/aromatic N) is 5. The number of rotatable bonds is 5. The van der Waals surface area contributed by atoms with Crippen molar-refractivity contribution in [1.82, 2.24) is 24.0 Å². The van der Waals surface area contributed by atoms with E-state index in [-0.39, 0.29) is 31.1 Å². The molecule has 1 aliphatic carbocycles. The Balaban J connectivity index is 1.48. The second-order valence-electron chi connectivity index (χ2n) is 10.5. The predicted octanol–water partition coefficient (Wildman–Crippen LogP) is 4.54. The number of alkyl halides is 4. The Hall–Kier alpha value is -3.67. The quantitative estimate of drug-likeness (QED) is 0.373. The van der Waals surface area contributed by atoms with Crippen molar-refractivity contribution in [2.75, 3.05) is 20.2 Å². The van der Waals surface area contributed by atoms with Crippen LogP contribution in [0, 0.1) is 5.92 Å². The molecule has 1 saturated heterocycles. The minimum atomic E-state index is -4.56. The number of nitrogens with two attached hydrogens (primary N) is 1. The highest BCUT2D eigenvalue weighted by Gasteiger charge is 2.34. The molecule has 8 nitrogen and oxygen atoms in total. The molecule has 0 spiro atoms. The van der Waals surface area contributed by atoms with E-state index in [0.717, 1.165) is 18.9 Å². The molecular weight excluding hydrogens is 516 g/mol. The van der Waals surface area contributed by atoms with Crippen LogP contribution in [0.1, 0.15) is 35.3 Å². The molecule has 4 heterocycles. The van der Waals surface area contributed by atoms with Gasteiger partial charge in [-0.15, -0.1) is 0 Å². The summed E-state index contributed by atoms with van der Waals surface area (Å²) in [4.78, 5) is 23.5. The normalized spacial score (nSPS) is 20.2. The smallest absolute Gasteiger partial charge is 0.433 e. The molecule has 4 aromatic rings. The number of amides is 1. The third kappa shape index (κ3) is 4.60. The van der Waals surface area contributed by atoms with E-state index < -0.39 is 24.1 Å². The number of hydrogen-bond donors (Lipinski definition) is 1. The maximum Gasteiger partial charge on any atom is 0.433 e. The number of imidazole rings is 1. The topological polar surface area (TPSA) is 91.2 Å². The van der Waals surface area contributed by atoms with Gasteiger partial charge < -0.3 is 24.5 Å². The number of pyridine rings is 1. The molecule has 1 saturated carbocycles. The van der Waals surface area contributed by atoms with Crippen LogP contribution in [-0.4, -0.2) is 62.3 Å². The Morgan fingerprint density at radius 1 is 1.15 bits per heavy atom. The molecule has 1 aromatic carbocycles. The second-order valence-corrected chi connectivity index (χ2v) is 10.5. The summed E-state index contributed by atoms with van der Waals surface area (Å²) in [6, 6.07) is 6.99. The van der Waals surface area contributed by atoms with Gasteiger partial charge in [-0.3, -0.25) is 4.79 Å². The van der Waals surface area contributed by atoms with E-state index in [1.54, 1.807) is 34.4 Å². The number of hydrogen-bond acceptors (Lipinski definition) is 5. The number of halogens is 4. The van der Waals surface area contributed by atoms with Gasteiger partial charge in [-0.1, -0.05) is 0 Å². The van der Waals surface area contributed by atoms with Crippen molar-refractivity contribution in [2.24, 2.45) is 18.7 Å². The summed E-state index contributed by atoms with van der Waals surface area (Å²) in [7, 11) is 3.27. The summed E-state index contributed by atoms with van der Waals surface area (Å²) < 4.78 is 63.7. The average Bonchev–Trinajstić information content (AvgIpc) is 3.55. The molecule has 0 bridgehead atoms. The van der Waals surface area contributed by atoms with Gasteiger partial charge >= 0.3 is 6.18 Å². The van der Waals surface area contributed by atoms with Crippen LogP contribution < -0.4 is 10.5 Å². The van der Waals surface area contributed by atoms with Gasteiger partial charge in [0.05, 0.1) is 24.9 Å². The van der Waals surface area contributed by atoms with Crippen molar-refractivity contribution in [1.29, 1.82) is 0 Å². The number of ether oxygens (including phenoxy) is 1. The highest BCUT2D eigenvalue weighted by atomic mass is 19.4. The van der Waals surface area contributed by atoms with Crippen molar-refractivity contribution in [3.05, 3.63) is 41.6 Å². The first-order valence-electron chi connectivity index (χ1n) is 12.8. The first-order chi connectivity index (χ1) is 18.5. The Morgan fingerprint density at radius 3 is 2.59 bits per heavy atom. The van der Waals surface area contributed by atoms with Gasteiger partial charge in [0.2, 0.25) is 0 Å². The van der Waals surface area contributed by atoms with Gasteiger partial charge in [0.1, 0.15) is 28.8 Å². The van der Waals surface area contributed by atoms with Gasteiger partial charge in [0.25, 0.3) is 5.91 Å². The molecule has 39 heavy (non-hydrogen) atoms. The van der Waals surface area contributed by atoms with Crippen molar-refractivity contribution in [2.45, 2.75) is 44.2 Å². The molecule has 1 aliphatic heterocycles. The van der Waals surface area contributed by atoms with Crippen molar-refractivity contribution in [3.63, 3.8) is 0 Å². The van der Waals surface area contributed by atoms with E-state index >= 15 is 0 Å². The summed E-state index contributed by atoms with van der Waals surface area (Å²) in [5.74, 6) is 0.896. The third-order valence-corrected chi connectivity index (χ3v) is 7.52. The van der Waals surface area contributed by atoms with Gasteiger partial charge in [-0.05, 0) is 55.5 Å². The summed E-state index contributed by atoms with van der Waals surface area (Å²) >= 11 is 0. The number of aromatic nitrogens is 4. The van der Waals surface area contributed by atoms with Crippen molar-refractivity contribution < 1.29 is 27.1 Å². The molecule has 6 rings (SSSR count). The van der Waals surface area contributed by atoms with Crippen LogP contribution in [0.25, 0.3) is 33.6 Å². The van der Waals surface area contributed by atoms with Crippen LogP contribution in [0.15, 0.2) is 30.3 Å². The maximum atomic E-state index is 14.1. The van der Waals surface area contributed by atoms with Gasteiger partial charge in [-0.2, -0.15) is 13.2 Å². The third-order valence-electron chi connectivity index (χ3n) is 7.52. The Kier molecular flexibility index (Phi) is 6.05. The standard InChI is InChI=1S/C27H28F4N6O2/c1-35-23-19(7-16(9-21(23)39-2)26(38)36-12-17(28)10-18(32)13-36)33-25(35)20-8-15-5-6-22(27(29,30)31)34-24(15)37(20)11-14-3-4-14/h5-9,14,17-18H,3-4,10-13,32H2,1-2H3/t17-,18?/m1/s1. The zero-order valence-corrected chi connectivity index (χ0v) is 21.5. The van der Waals surface area contributed by atoms with Crippen LogP contribution in [0.4, 0.5) is 17.6 Å². The van der Waals surface area contributed by atoms with Gasteiger partial charge in [0.15, 0.2) is 5.82 Å². The van der Waals surface area contributed by atoms with Crippen LogP contribution in [-0.2, 0) is 19.8 Å². The number of aryl methyl sites for hydroxylation is 1. The molecule has 0 radical (unpaired) electrons. The highest BCUT2D eigenvalue weighted by molar-refractivity contribution is 6.00. The fourth-order valence-corrected chi connectivity index (χ4v) is 5.46. The van der Waals surface area contributed by atoms with E-state index in [4.69, 9.17) is 15.5 Å². The summed E-state index contributed by atoms with van der Waals surface area (Å²) in [6.45, 7) is 0.743. The Morgan fingerprint density at radius 2 is 1.92 bits per heavy atom. The molecule has 2 N–H and O–H groups in total. The summed E-state index contributed by atoms with van der Waals surface area (Å²) in [6.07, 6.45) is -3.54. The van der Waals surface area contributed by atoms with Crippen molar-refractivity contribution >= 4 is 28.0 Å². The number of benzene rings is 1. The van der Waals surface area contributed by atoms with Gasteiger partial charge in [0, 0.05) is 37.1 Å². The monoisotopic (exact) mass is 544 g/mol. The number of carbonyl (C=O) groups excluding carboxylic acids is 1. The molecule has 2 aliphatic rings. The molecule has 2 atom stereocenters. The first-order valence-corrected chi connectivity index (χ1v) is 12.8. The highest BCUT2D eigenvalue weighted by Crippen LogP contribution is 2.38. The fraction of sp³-hybridized carbons (Fsp3) is 0.444. The number of methoxy groups -OCH3 is 1. The van der Waals surface area contributed by atoms with Crippen molar-refractivity contribution in [3.8, 4) is 17.3 Å². The lowest BCUT2D eigenvalue weighted by atomic mass is 10.0. The number of likely N-dealkylation sites (tertiary alicyclic amines) is 1. The SMILES string of the molecule is COc1cc(C(=O)N2CC(N)C[C@@H](F)C2)cc2nc(-c3cc4ccc(C(F)(F)F)nc4n3CC3CC3)n(C)c12. The van der Waals surface area contributed by atoms with Crippen LogP contribution in [0.3, 0.4) is 0 Å². The molecule has 2 fully saturated rings. The van der Waals surface area contributed by atoms with Crippen LogP contribution in [0.5, 0.6) is 5.75 Å². The number of fused-ring (bicyclic) bond motifs is 2. The zero-order chi connectivity index (χ0) is 27.6. The summed E-state index contributed by atoms with van der Waals surface area (Å²) in [5.41, 5.74) is 7.26. The molecule has 1 unspecified atom stereocenters. The predicted molar refractivity (Wildman–Crippen MR) is 137 cm³/mol. The van der Waals surface area contributed by atoms with Gasteiger partial charge in [-0.25, -0.2) is 14.4 Å². The second kappa shape index (κ2) is 9.22. The fourth-order valence-electron chi connectivity index (χ4n) is 5.46. The van der Waals surface area contributed by atoms with E-state index in [1.807, 2.05) is 0 Å². The van der Waals surface area contributed by atoms with Crippen LogP contribution in [0.2, 0.25) is 0 Å². The van der Waals surface area contributed by atoms with E-state index in [9.17, 15) is 22.4 Å². The molecule has 3 aromatic heterocycles. The van der Waals surface area contributed by atoms with E-state index in [1.165, 1.54) is 18.1 Å². The molecule has 12 heteroatoms. The largest absolute Gasteiger partial charge is 0.494 e. The Bertz CT molecular complexity index is 1580. The number of carbonyl (C=O) groups is 1. The average molecular weight is 545 g/mol. The minimum absolute atomic E-state index is 0.0332. The lowest BCUT2D eigenvalue weighted by Gasteiger charge is -2.33. The van der Waals surface area contributed by atoms with E-state index in [0.29, 0.717) is 51.7 Å². The lowest BCUT2D eigenvalue weighted by Crippen LogP contribution is -2.50. The molecule has 1 amide bonds. The Labute approximate surface area is 221 Å². The van der Waals surface area contributed by atoms with Crippen LogP contribution >= 0.6 is 0 Å². The first kappa shape index (κ1) is 25.6. The lowest BCUT2D eigenvalue weighted by molar-refractivity contribution is -0.141. The minimum Gasteiger partial charge on any atom is -0.494 e. The molecular formula is C27H28F4N6O2. The molecule has 206 valence electrons. The maximum absolute atomic E-state index is 14.1. The van der Waals surface area contributed by atoms with E-state index in [2.05, 4.69) is 4.98 Å². The number of piperidine rings is 1. The zero-order valence-electron chi connectivity index (χ0n) is 21.5.